The summed E-state index contributed by atoms with van der Waals surface area (Å²) in [5.41, 5.74) is 1.21. The molecule has 0 aliphatic heterocycles. The SMILES string of the molecule is CC(CCCO)Nc1cccc2ccsc12. The van der Waals surface area contributed by atoms with E-state index in [1.807, 2.05) is 0 Å². The van der Waals surface area contributed by atoms with Gasteiger partial charge in [0.25, 0.3) is 0 Å². The lowest BCUT2D eigenvalue weighted by molar-refractivity contribution is 0.282. The van der Waals surface area contributed by atoms with Crippen LogP contribution in [0.4, 0.5) is 5.69 Å². The fourth-order valence-electron chi connectivity index (χ4n) is 1.84. The summed E-state index contributed by atoms with van der Waals surface area (Å²) in [6.07, 6.45) is 1.85. The lowest BCUT2D eigenvalue weighted by Gasteiger charge is -2.15. The molecule has 1 atom stereocenters. The predicted octanol–water partition coefficient (Wildman–Crippen LogP) is 3.47. The Labute approximate surface area is 99.9 Å². The maximum atomic E-state index is 8.79. The lowest BCUT2D eigenvalue weighted by Crippen LogP contribution is -2.15. The third-order valence-electron chi connectivity index (χ3n) is 2.68. The van der Waals surface area contributed by atoms with E-state index in [4.69, 9.17) is 5.11 Å². The molecule has 0 fully saturated rings. The molecule has 3 heteroatoms. The molecule has 0 saturated carbocycles. The van der Waals surface area contributed by atoms with E-state index in [1.54, 1.807) is 11.3 Å². The van der Waals surface area contributed by atoms with Crippen LogP contribution in [-0.2, 0) is 0 Å². The van der Waals surface area contributed by atoms with Gasteiger partial charge in [0, 0.05) is 12.6 Å². The minimum absolute atomic E-state index is 0.273. The van der Waals surface area contributed by atoms with E-state index < -0.39 is 0 Å². The van der Waals surface area contributed by atoms with Crippen molar-refractivity contribution in [3.63, 3.8) is 0 Å². The van der Waals surface area contributed by atoms with Gasteiger partial charge in [-0.1, -0.05) is 12.1 Å². The van der Waals surface area contributed by atoms with Gasteiger partial charge in [-0.3, -0.25) is 0 Å². The number of aliphatic hydroxyl groups is 1. The first kappa shape index (κ1) is 11.4. The van der Waals surface area contributed by atoms with E-state index in [-0.39, 0.29) is 6.61 Å². The second-order valence-corrected chi connectivity index (χ2v) is 4.97. The van der Waals surface area contributed by atoms with Crippen LogP contribution in [-0.4, -0.2) is 17.8 Å². The molecule has 0 spiro atoms. The largest absolute Gasteiger partial charge is 0.396 e. The lowest BCUT2D eigenvalue weighted by atomic mass is 10.1. The number of rotatable bonds is 5. The van der Waals surface area contributed by atoms with Crippen molar-refractivity contribution >= 4 is 27.1 Å². The summed E-state index contributed by atoms with van der Waals surface area (Å²) in [4.78, 5) is 0. The van der Waals surface area contributed by atoms with Gasteiger partial charge in [0.15, 0.2) is 0 Å². The van der Waals surface area contributed by atoms with Crippen LogP contribution in [0.1, 0.15) is 19.8 Å². The molecule has 1 aromatic carbocycles. The highest BCUT2D eigenvalue weighted by Gasteiger charge is 2.05. The van der Waals surface area contributed by atoms with E-state index in [0.29, 0.717) is 6.04 Å². The topological polar surface area (TPSA) is 32.3 Å². The first-order valence-electron chi connectivity index (χ1n) is 5.65. The Morgan fingerprint density at radius 2 is 2.25 bits per heavy atom. The van der Waals surface area contributed by atoms with Crippen molar-refractivity contribution in [1.82, 2.24) is 0 Å². The average Bonchev–Trinajstić information content (AvgIpc) is 2.75. The summed E-state index contributed by atoms with van der Waals surface area (Å²) in [7, 11) is 0. The number of aliphatic hydroxyl groups excluding tert-OH is 1. The van der Waals surface area contributed by atoms with Crippen LogP contribution < -0.4 is 5.32 Å². The minimum atomic E-state index is 0.273. The van der Waals surface area contributed by atoms with E-state index in [9.17, 15) is 0 Å². The van der Waals surface area contributed by atoms with Crippen LogP contribution in [0.15, 0.2) is 29.6 Å². The predicted molar refractivity (Wildman–Crippen MR) is 71.2 cm³/mol. The summed E-state index contributed by atoms with van der Waals surface area (Å²) in [6, 6.07) is 8.88. The average molecular weight is 235 g/mol. The highest BCUT2D eigenvalue weighted by atomic mass is 32.1. The van der Waals surface area contributed by atoms with Crippen LogP contribution in [0.2, 0.25) is 0 Å². The summed E-state index contributed by atoms with van der Waals surface area (Å²) < 4.78 is 1.32. The first-order valence-corrected chi connectivity index (χ1v) is 6.53. The number of fused-ring (bicyclic) bond motifs is 1. The summed E-state index contributed by atoms with van der Waals surface area (Å²) >= 11 is 1.77. The van der Waals surface area contributed by atoms with Gasteiger partial charge in [-0.05, 0) is 42.7 Å². The van der Waals surface area contributed by atoms with Crippen LogP contribution in [0.3, 0.4) is 0 Å². The van der Waals surface area contributed by atoms with Crippen LogP contribution in [0.5, 0.6) is 0 Å². The van der Waals surface area contributed by atoms with Gasteiger partial charge in [0.1, 0.15) is 0 Å². The maximum absolute atomic E-state index is 8.79. The molecule has 2 aromatic rings. The smallest absolute Gasteiger partial charge is 0.0574 e. The Balaban J connectivity index is 2.11. The van der Waals surface area contributed by atoms with Gasteiger partial charge in [-0.15, -0.1) is 11.3 Å². The van der Waals surface area contributed by atoms with Crippen molar-refractivity contribution in [3.05, 3.63) is 29.6 Å². The molecule has 16 heavy (non-hydrogen) atoms. The molecule has 0 saturated heterocycles. The van der Waals surface area contributed by atoms with Crippen molar-refractivity contribution in [2.75, 3.05) is 11.9 Å². The molecule has 1 heterocycles. The fourth-order valence-corrected chi connectivity index (χ4v) is 2.72. The Hall–Kier alpha value is -1.06. The Morgan fingerprint density at radius 3 is 3.06 bits per heavy atom. The van der Waals surface area contributed by atoms with Crippen molar-refractivity contribution < 1.29 is 5.11 Å². The molecule has 0 aliphatic carbocycles. The number of hydrogen-bond donors (Lipinski definition) is 2. The number of hydrogen-bond acceptors (Lipinski definition) is 3. The van der Waals surface area contributed by atoms with Gasteiger partial charge in [0.05, 0.1) is 10.4 Å². The molecule has 1 aromatic heterocycles. The third kappa shape index (κ3) is 2.54. The Bertz CT molecular complexity index is 452. The first-order chi connectivity index (χ1) is 7.81. The van der Waals surface area contributed by atoms with Gasteiger partial charge in [-0.25, -0.2) is 0 Å². The molecule has 0 radical (unpaired) electrons. The standard InChI is InChI=1S/C13H17NOS/c1-10(4-3-8-15)14-12-6-2-5-11-7-9-16-13(11)12/h2,5-7,9-10,14-15H,3-4,8H2,1H3. The molecule has 0 amide bonds. The minimum Gasteiger partial charge on any atom is -0.396 e. The fraction of sp³-hybridized carbons (Fsp3) is 0.385. The third-order valence-corrected chi connectivity index (χ3v) is 3.64. The number of benzene rings is 1. The number of nitrogens with one attached hydrogen (secondary N) is 1. The van der Waals surface area contributed by atoms with E-state index >= 15 is 0 Å². The second kappa shape index (κ2) is 5.32. The van der Waals surface area contributed by atoms with Gasteiger partial charge >= 0.3 is 0 Å². The molecule has 2 N–H and O–H groups in total. The number of anilines is 1. The molecular formula is C13H17NOS. The molecule has 86 valence electrons. The van der Waals surface area contributed by atoms with Gasteiger partial charge in [0.2, 0.25) is 0 Å². The van der Waals surface area contributed by atoms with E-state index in [1.165, 1.54) is 15.8 Å². The van der Waals surface area contributed by atoms with Gasteiger partial charge < -0.3 is 10.4 Å². The Morgan fingerprint density at radius 1 is 1.38 bits per heavy atom. The van der Waals surface area contributed by atoms with Crippen LogP contribution in [0.25, 0.3) is 10.1 Å². The summed E-state index contributed by atoms with van der Waals surface area (Å²) in [5.74, 6) is 0. The molecule has 0 bridgehead atoms. The van der Waals surface area contributed by atoms with Crippen LogP contribution in [0, 0.1) is 0 Å². The van der Waals surface area contributed by atoms with E-state index in [2.05, 4.69) is 41.9 Å². The molecule has 2 rings (SSSR count). The zero-order chi connectivity index (χ0) is 11.4. The van der Waals surface area contributed by atoms with E-state index in [0.717, 1.165) is 12.8 Å². The molecule has 1 unspecified atom stereocenters. The summed E-state index contributed by atoms with van der Waals surface area (Å²) in [5, 5.41) is 15.7. The van der Waals surface area contributed by atoms with Crippen molar-refractivity contribution in [2.24, 2.45) is 0 Å². The number of thiophene rings is 1. The van der Waals surface area contributed by atoms with Crippen LogP contribution >= 0.6 is 11.3 Å². The monoisotopic (exact) mass is 235 g/mol. The molecule has 2 nitrogen and oxygen atoms in total. The van der Waals surface area contributed by atoms with Gasteiger partial charge in [-0.2, -0.15) is 0 Å². The highest BCUT2D eigenvalue weighted by molar-refractivity contribution is 7.17. The quantitative estimate of drug-likeness (QED) is 0.831. The highest BCUT2D eigenvalue weighted by Crippen LogP contribution is 2.29. The normalized spacial score (nSPS) is 12.9. The second-order valence-electron chi connectivity index (χ2n) is 4.06. The Kier molecular flexibility index (Phi) is 3.80. The maximum Gasteiger partial charge on any atom is 0.0574 e. The molecular weight excluding hydrogens is 218 g/mol. The van der Waals surface area contributed by atoms with Crippen molar-refractivity contribution in [1.29, 1.82) is 0 Å². The summed E-state index contributed by atoms with van der Waals surface area (Å²) in [6.45, 7) is 2.43. The van der Waals surface area contributed by atoms with Crippen molar-refractivity contribution in [2.45, 2.75) is 25.8 Å². The molecule has 0 aliphatic rings. The zero-order valence-corrected chi connectivity index (χ0v) is 10.3. The van der Waals surface area contributed by atoms with Crippen molar-refractivity contribution in [3.8, 4) is 0 Å². The zero-order valence-electron chi connectivity index (χ0n) is 9.44.